The second kappa shape index (κ2) is 7.04. The maximum absolute atomic E-state index is 12.3. The zero-order valence-electron chi connectivity index (χ0n) is 14.3. The van der Waals surface area contributed by atoms with Gasteiger partial charge in [-0.3, -0.25) is 4.79 Å². The van der Waals surface area contributed by atoms with E-state index >= 15 is 0 Å². The molecule has 5 nitrogen and oxygen atoms in total. The van der Waals surface area contributed by atoms with Gasteiger partial charge in [0.05, 0.1) is 0 Å². The van der Waals surface area contributed by atoms with Gasteiger partial charge >= 0.3 is 5.63 Å². The molecule has 0 unspecified atom stereocenters. The molecule has 0 saturated carbocycles. The molecule has 0 fully saturated rings. The van der Waals surface area contributed by atoms with Crippen LogP contribution in [-0.2, 0) is 17.6 Å². The number of carbonyl (C=O) groups excluding carboxylic acids is 1. The second-order valence-electron chi connectivity index (χ2n) is 6.44. The summed E-state index contributed by atoms with van der Waals surface area (Å²) in [4.78, 5) is 23.6. The monoisotopic (exact) mass is 349 g/mol. The normalized spacial score (nSPS) is 13.2. The van der Waals surface area contributed by atoms with Gasteiger partial charge in [-0.25, -0.2) is 4.79 Å². The van der Waals surface area contributed by atoms with Gasteiger partial charge in [0.1, 0.15) is 11.3 Å². The van der Waals surface area contributed by atoms with Crippen LogP contribution >= 0.6 is 0 Å². The largest absolute Gasteiger partial charge is 0.484 e. The molecule has 0 aliphatic heterocycles. The van der Waals surface area contributed by atoms with Crippen molar-refractivity contribution < 1.29 is 13.9 Å². The molecule has 0 bridgehead atoms. The van der Waals surface area contributed by atoms with Crippen molar-refractivity contribution in [3.8, 4) is 5.75 Å². The zero-order valence-corrected chi connectivity index (χ0v) is 14.3. The third-order valence-electron chi connectivity index (χ3n) is 4.63. The van der Waals surface area contributed by atoms with Crippen molar-refractivity contribution in [2.24, 2.45) is 0 Å². The molecular weight excluding hydrogens is 330 g/mol. The Morgan fingerprint density at radius 1 is 1.08 bits per heavy atom. The summed E-state index contributed by atoms with van der Waals surface area (Å²) in [5.41, 5.74) is 3.45. The average molecular weight is 349 g/mol. The first-order chi connectivity index (χ1) is 12.7. The maximum atomic E-state index is 12.3. The first kappa shape index (κ1) is 16.4. The molecule has 1 N–H and O–H groups in total. The fourth-order valence-corrected chi connectivity index (χ4v) is 3.36. The molecule has 1 heterocycles. The van der Waals surface area contributed by atoms with E-state index in [1.54, 1.807) is 24.3 Å². The van der Waals surface area contributed by atoms with Gasteiger partial charge in [-0.15, -0.1) is 0 Å². The van der Waals surface area contributed by atoms with E-state index < -0.39 is 5.63 Å². The lowest BCUT2D eigenvalue weighted by atomic mass is 9.90. The van der Waals surface area contributed by atoms with E-state index in [1.807, 2.05) is 12.1 Å². The highest BCUT2D eigenvalue weighted by Crippen LogP contribution is 2.28. The van der Waals surface area contributed by atoms with Crippen molar-refractivity contribution in [3.05, 3.63) is 70.1 Å². The van der Waals surface area contributed by atoms with Crippen molar-refractivity contribution in [1.82, 2.24) is 0 Å². The van der Waals surface area contributed by atoms with E-state index in [1.165, 1.54) is 23.6 Å². The predicted octanol–water partition coefficient (Wildman–Crippen LogP) is 3.69. The third kappa shape index (κ3) is 3.47. The second-order valence-corrected chi connectivity index (χ2v) is 6.44. The van der Waals surface area contributed by atoms with Crippen LogP contribution < -0.4 is 15.7 Å². The Morgan fingerprint density at radius 2 is 1.92 bits per heavy atom. The van der Waals surface area contributed by atoms with Gasteiger partial charge in [0.2, 0.25) is 0 Å². The predicted molar refractivity (Wildman–Crippen MR) is 99.7 cm³/mol. The minimum Gasteiger partial charge on any atom is -0.484 e. The van der Waals surface area contributed by atoms with Crippen LogP contribution in [-0.4, -0.2) is 12.5 Å². The average Bonchev–Trinajstić information content (AvgIpc) is 2.66. The number of aryl methyl sites for hydroxylation is 1. The van der Waals surface area contributed by atoms with Crippen molar-refractivity contribution >= 4 is 22.6 Å². The Hall–Kier alpha value is -3.08. The van der Waals surface area contributed by atoms with E-state index in [0.29, 0.717) is 11.3 Å². The quantitative estimate of drug-likeness (QED) is 0.730. The molecule has 3 aromatic rings. The SMILES string of the molecule is O=C(COc1ccc2ccc(=O)oc2c1)Nc1cccc2c1CCCC2. The highest BCUT2D eigenvalue weighted by molar-refractivity contribution is 5.93. The summed E-state index contributed by atoms with van der Waals surface area (Å²) < 4.78 is 10.7. The van der Waals surface area contributed by atoms with Gasteiger partial charge < -0.3 is 14.5 Å². The number of fused-ring (bicyclic) bond motifs is 2. The molecule has 4 rings (SSSR count). The van der Waals surface area contributed by atoms with Crippen molar-refractivity contribution in [2.45, 2.75) is 25.7 Å². The van der Waals surface area contributed by atoms with E-state index in [4.69, 9.17) is 9.15 Å². The highest BCUT2D eigenvalue weighted by Gasteiger charge is 2.14. The zero-order chi connectivity index (χ0) is 17.9. The number of benzene rings is 2. The Bertz CT molecular complexity index is 1020. The van der Waals surface area contributed by atoms with Gasteiger partial charge in [0, 0.05) is 23.2 Å². The van der Waals surface area contributed by atoms with Crippen LogP contribution in [0, 0.1) is 0 Å². The van der Waals surface area contributed by atoms with Crippen molar-refractivity contribution in [2.75, 3.05) is 11.9 Å². The molecule has 2 aromatic carbocycles. The summed E-state index contributed by atoms with van der Waals surface area (Å²) in [6.07, 6.45) is 4.42. The molecule has 132 valence electrons. The molecule has 1 aromatic heterocycles. The number of nitrogens with one attached hydrogen (secondary N) is 1. The standard InChI is InChI=1S/C21H19NO4/c23-20(22-18-7-3-5-14-4-1-2-6-17(14)18)13-25-16-10-8-15-9-11-21(24)26-19(15)12-16/h3,5,7-12H,1-2,4,6,13H2,(H,22,23). The van der Waals surface area contributed by atoms with E-state index in [2.05, 4.69) is 11.4 Å². The Morgan fingerprint density at radius 3 is 2.85 bits per heavy atom. The number of carbonyl (C=O) groups is 1. The Balaban J connectivity index is 1.44. The van der Waals surface area contributed by atoms with E-state index in [9.17, 15) is 9.59 Å². The van der Waals surface area contributed by atoms with Crippen LogP contribution in [0.15, 0.2) is 57.7 Å². The van der Waals surface area contributed by atoms with E-state index in [-0.39, 0.29) is 12.5 Å². The molecule has 1 aliphatic rings. The summed E-state index contributed by atoms with van der Waals surface area (Å²) in [6.45, 7) is -0.105. The molecule has 0 spiro atoms. The first-order valence-corrected chi connectivity index (χ1v) is 8.76. The lowest BCUT2D eigenvalue weighted by molar-refractivity contribution is -0.118. The Kier molecular flexibility index (Phi) is 4.44. The number of hydrogen-bond donors (Lipinski definition) is 1. The lowest BCUT2D eigenvalue weighted by Crippen LogP contribution is -2.21. The van der Waals surface area contributed by atoms with Crippen LogP contribution in [0.3, 0.4) is 0 Å². The van der Waals surface area contributed by atoms with Crippen molar-refractivity contribution in [3.63, 3.8) is 0 Å². The molecular formula is C21H19NO4. The number of amides is 1. The summed E-state index contributed by atoms with van der Waals surface area (Å²) in [6, 6.07) is 14.3. The smallest absolute Gasteiger partial charge is 0.336 e. The highest BCUT2D eigenvalue weighted by atomic mass is 16.5. The topological polar surface area (TPSA) is 68.5 Å². The van der Waals surface area contributed by atoms with Gasteiger partial charge in [-0.2, -0.15) is 0 Å². The van der Waals surface area contributed by atoms with Crippen LogP contribution in [0.4, 0.5) is 5.69 Å². The van der Waals surface area contributed by atoms with Gasteiger partial charge in [0.15, 0.2) is 6.61 Å². The number of hydrogen-bond acceptors (Lipinski definition) is 4. The molecule has 0 saturated heterocycles. The number of ether oxygens (including phenoxy) is 1. The first-order valence-electron chi connectivity index (χ1n) is 8.76. The van der Waals surface area contributed by atoms with Gasteiger partial charge in [-0.05, 0) is 61.1 Å². The third-order valence-corrected chi connectivity index (χ3v) is 4.63. The van der Waals surface area contributed by atoms with Crippen molar-refractivity contribution in [1.29, 1.82) is 0 Å². The Labute approximate surface area is 150 Å². The summed E-state index contributed by atoms with van der Waals surface area (Å²) in [5.74, 6) is 0.274. The maximum Gasteiger partial charge on any atom is 0.336 e. The summed E-state index contributed by atoms with van der Waals surface area (Å²) >= 11 is 0. The van der Waals surface area contributed by atoms with E-state index in [0.717, 1.165) is 30.3 Å². The van der Waals surface area contributed by atoms with Crippen LogP contribution in [0.5, 0.6) is 5.75 Å². The molecule has 5 heteroatoms. The summed E-state index contributed by atoms with van der Waals surface area (Å²) in [5, 5.41) is 3.75. The van der Waals surface area contributed by atoms with Gasteiger partial charge in [-0.1, -0.05) is 12.1 Å². The fraction of sp³-hybridized carbons (Fsp3) is 0.238. The minimum absolute atomic E-state index is 0.105. The molecule has 26 heavy (non-hydrogen) atoms. The summed E-state index contributed by atoms with van der Waals surface area (Å²) in [7, 11) is 0. The van der Waals surface area contributed by atoms with Gasteiger partial charge in [0.25, 0.3) is 5.91 Å². The number of rotatable bonds is 4. The van der Waals surface area contributed by atoms with Crippen LogP contribution in [0.1, 0.15) is 24.0 Å². The molecule has 0 atom stereocenters. The van der Waals surface area contributed by atoms with Crippen LogP contribution in [0.2, 0.25) is 0 Å². The molecule has 0 radical (unpaired) electrons. The van der Waals surface area contributed by atoms with Crippen LogP contribution in [0.25, 0.3) is 11.0 Å². The number of anilines is 1. The minimum atomic E-state index is -0.416. The molecule has 1 amide bonds. The fourth-order valence-electron chi connectivity index (χ4n) is 3.36. The lowest BCUT2D eigenvalue weighted by Gasteiger charge is -2.19. The molecule has 1 aliphatic carbocycles.